The van der Waals surface area contributed by atoms with Crippen LogP contribution in [0.5, 0.6) is 0 Å². The fraction of sp³-hybridized carbons (Fsp3) is 0.450. The van der Waals surface area contributed by atoms with E-state index in [2.05, 4.69) is 41.1 Å². The maximum atomic E-state index is 13.1. The summed E-state index contributed by atoms with van der Waals surface area (Å²) in [6, 6.07) is 14.6. The zero-order valence-corrected chi connectivity index (χ0v) is 14.7. The van der Waals surface area contributed by atoms with Crippen molar-refractivity contribution in [3.63, 3.8) is 0 Å². The lowest BCUT2D eigenvalue weighted by atomic mass is 10.0. The lowest BCUT2D eigenvalue weighted by Crippen LogP contribution is -2.47. The summed E-state index contributed by atoms with van der Waals surface area (Å²) in [5, 5.41) is 0. The number of amides is 1. The molecule has 24 heavy (non-hydrogen) atoms. The topological polar surface area (TPSA) is 28.5 Å². The molecule has 1 aromatic heterocycles. The molecule has 0 N–H and O–H groups in total. The third-order valence-corrected chi connectivity index (χ3v) is 5.04. The fourth-order valence-corrected chi connectivity index (χ4v) is 3.48. The lowest BCUT2D eigenvalue weighted by Gasteiger charge is -2.37. The Balaban J connectivity index is 1.75. The van der Waals surface area contributed by atoms with Gasteiger partial charge in [-0.05, 0) is 57.1 Å². The van der Waals surface area contributed by atoms with Crippen molar-refractivity contribution in [3.05, 3.63) is 59.9 Å². The minimum absolute atomic E-state index is 0.160. The van der Waals surface area contributed by atoms with Crippen LogP contribution in [0.2, 0.25) is 0 Å². The van der Waals surface area contributed by atoms with Crippen molar-refractivity contribution >= 4 is 5.91 Å². The van der Waals surface area contributed by atoms with Crippen LogP contribution in [0, 0.1) is 0 Å². The number of piperidine rings is 1. The van der Waals surface area contributed by atoms with E-state index in [0.717, 1.165) is 44.6 Å². The summed E-state index contributed by atoms with van der Waals surface area (Å²) in [7, 11) is 4.10. The summed E-state index contributed by atoms with van der Waals surface area (Å²) in [5.41, 5.74) is 2.07. The first kappa shape index (κ1) is 16.8. The highest BCUT2D eigenvalue weighted by atomic mass is 16.2. The molecule has 0 spiro atoms. The summed E-state index contributed by atoms with van der Waals surface area (Å²) in [4.78, 5) is 17.6. The smallest absolute Gasteiger partial charge is 0.270 e. The largest absolute Gasteiger partial charge is 0.347 e. The SMILES string of the molecule is CN1CCC(N(CCc2ccccc2)C(=O)c2cccn2C)CC1. The first-order valence-electron chi connectivity index (χ1n) is 8.80. The van der Waals surface area contributed by atoms with Gasteiger partial charge in [0.05, 0.1) is 0 Å². The first-order valence-corrected chi connectivity index (χ1v) is 8.80. The molecule has 0 aliphatic carbocycles. The number of carbonyl (C=O) groups is 1. The molecule has 0 saturated carbocycles. The Labute approximate surface area is 144 Å². The van der Waals surface area contributed by atoms with Gasteiger partial charge >= 0.3 is 0 Å². The van der Waals surface area contributed by atoms with Gasteiger partial charge in [-0.25, -0.2) is 0 Å². The molecule has 4 heteroatoms. The Kier molecular flexibility index (Phi) is 5.36. The standard InChI is InChI=1S/C20H27N3O/c1-21-14-11-18(12-15-21)23(16-10-17-7-4-3-5-8-17)20(24)19-9-6-13-22(19)2/h3-9,13,18H,10-12,14-16H2,1-2H3. The maximum Gasteiger partial charge on any atom is 0.270 e. The van der Waals surface area contributed by atoms with Gasteiger partial charge in [-0.3, -0.25) is 4.79 Å². The van der Waals surface area contributed by atoms with Crippen molar-refractivity contribution in [2.45, 2.75) is 25.3 Å². The summed E-state index contributed by atoms with van der Waals surface area (Å²) in [6.45, 7) is 2.91. The van der Waals surface area contributed by atoms with Gasteiger partial charge in [0.2, 0.25) is 0 Å². The fourth-order valence-electron chi connectivity index (χ4n) is 3.48. The predicted octanol–water partition coefficient (Wildman–Crippen LogP) is 2.80. The van der Waals surface area contributed by atoms with E-state index in [1.165, 1.54) is 5.56 Å². The summed E-state index contributed by atoms with van der Waals surface area (Å²) in [6.07, 6.45) is 4.96. The number of rotatable bonds is 5. The zero-order chi connectivity index (χ0) is 16.9. The van der Waals surface area contributed by atoms with Crippen LogP contribution < -0.4 is 0 Å². The molecule has 1 aliphatic rings. The van der Waals surface area contributed by atoms with E-state index in [9.17, 15) is 4.79 Å². The van der Waals surface area contributed by atoms with Crippen molar-refractivity contribution in [2.24, 2.45) is 7.05 Å². The molecule has 2 heterocycles. The van der Waals surface area contributed by atoms with Crippen molar-refractivity contribution in [1.82, 2.24) is 14.4 Å². The van der Waals surface area contributed by atoms with Crippen molar-refractivity contribution in [2.75, 3.05) is 26.7 Å². The molecule has 4 nitrogen and oxygen atoms in total. The van der Waals surface area contributed by atoms with E-state index < -0.39 is 0 Å². The second-order valence-electron chi connectivity index (χ2n) is 6.77. The van der Waals surface area contributed by atoms with Crippen LogP contribution in [0.4, 0.5) is 0 Å². The molecule has 0 atom stereocenters. The third kappa shape index (κ3) is 3.88. The second kappa shape index (κ2) is 7.67. The van der Waals surface area contributed by atoms with Gasteiger partial charge < -0.3 is 14.4 Å². The van der Waals surface area contributed by atoms with Gasteiger partial charge in [0.1, 0.15) is 5.69 Å². The van der Waals surface area contributed by atoms with E-state index in [4.69, 9.17) is 0 Å². The molecule has 1 saturated heterocycles. The quantitative estimate of drug-likeness (QED) is 0.846. The molecule has 1 aromatic carbocycles. The molecule has 3 rings (SSSR count). The third-order valence-electron chi connectivity index (χ3n) is 5.04. The number of aromatic nitrogens is 1. The van der Waals surface area contributed by atoms with Gasteiger partial charge in [-0.2, -0.15) is 0 Å². The Morgan fingerprint density at radius 3 is 2.42 bits per heavy atom. The highest BCUT2D eigenvalue weighted by Crippen LogP contribution is 2.19. The normalized spacial score (nSPS) is 16.2. The van der Waals surface area contributed by atoms with Crippen LogP contribution in [0.3, 0.4) is 0 Å². The first-order chi connectivity index (χ1) is 11.6. The molecule has 0 bridgehead atoms. The lowest BCUT2D eigenvalue weighted by molar-refractivity contribution is 0.0585. The van der Waals surface area contributed by atoms with Gasteiger partial charge in [-0.1, -0.05) is 30.3 Å². The van der Waals surface area contributed by atoms with Crippen LogP contribution in [-0.2, 0) is 13.5 Å². The molecule has 0 unspecified atom stereocenters. The minimum atomic E-state index is 0.160. The molecule has 1 amide bonds. The van der Waals surface area contributed by atoms with Crippen LogP contribution in [0.15, 0.2) is 48.7 Å². The van der Waals surface area contributed by atoms with E-state index in [-0.39, 0.29) is 5.91 Å². The summed E-state index contributed by atoms with van der Waals surface area (Å²) >= 11 is 0. The molecular formula is C20H27N3O. The number of hydrogen-bond donors (Lipinski definition) is 0. The number of benzene rings is 1. The van der Waals surface area contributed by atoms with Crippen LogP contribution in [-0.4, -0.2) is 53.0 Å². The minimum Gasteiger partial charge on any atom is -0.347 e. The number of hydrogen-bond acceptors (Lipinski definition) is 2. The van der Waals surface area contributed by atoms with Crippen molar-refractivity contribution in [1.29, 1.82) is 0 Å². The number of likely N-dealkylation sites (tertiary alicyclic amines) is 1. The highest BCUT2D eigenvalue weighted by Gasteiger charge is 2.28. The van der Waals surface area contributed by atoms with Crippen LogP contribution in [0.25, 0.3) is 0 Å². The molecule has 1 aliphatic heterocycles. The molecule has 2 aromatic rings. The number of aryl methyl sites for hydroxylation is 1. The van der Waals surface area contributed by atoms with Gasteiger partial charge in [0, 0.05) is 25.8 Å². The van der Waals surface area contributed by atoms with E-state index >= 15 is 0 Å². The summed E-state index contributed by atoms with van der Waals surface area (Å²) < 4.78 is 1.92. The van der Waals surface area contributed by atoms with Crippen molar-refractivity contribution < 1.29 is 4.79 Å². The Bertz CT molecular complexity index is 657. The number of carbonyl (C=O) groups excluding carboxylic acids is 1. The maximum absolute atomic E-state index is 13.1. The monoisotopic (exact) mass is 325 g/mol. The average molecular weight is 325 g/mol. The molecule has 128 valence electrons. The predicted molar refractivity (Wildman–Crippen MR) is 97.1 cm³/mol. The van der Waals surface area contributed by atoms with Crippen LogP contribution in [0.1, 0.15) is 28.9 Å². The Morgan fingerprint density at radius 2 is 1.79 bits per heavy atom. The van der Waals surface area contributed by atoms with E-state index in [0.29, 0.717) is 6.04 Å². The molecule has 1 fully saturated rings. The zero-order valence-electron chi connectivity index (χ0n) is 14.7. The Hall–Kier alpha value is -2.07. The van der Waals surface area contributed by atoms with E-state index in [1.54, 1.807) is 0 Å². The molecular weight excluding hydrogens is 298 g/mol. The highest BCUT2D eigenvalue weighted by molar-refractivity contribution is 5.93. The van der Waals surface area contributed by atoms with Crippen molar-refractivity contribution in [3.8, 4) is 0 Å². The second-order valence-corrected chi connectivity index (χ2v) is 6.77. The van der Waals surface area contributed by atoms with Gasteiger partial charge in [0.15, 0.2) is 0 Å². The van der Waals surface area contributed by atoms with Gasteiger partial charge in [-0.15, -0.1) is 0 Å². The Morgan fingerprint density at radius 1 is 1.08 bits per heavy atom. The van der Waals surface area contributed by atoms with Crippen LogP contribution >= 0.6 is 0 Å². The van der Waals surface area contributed by atoms with E-state index in [1.807, 2.05) is 36.0 Å². The van der Waals surface area contributed by atoms with Gasteiger partial charge in [0.25, 0.3) is 5.91 Å². The summed E-state index contributed by atoms with van der Waals surface area (Å²) in [5.74, 6) is 0.160. The number of nitrogens with zero attached hydrogens (tertiary/aromatic N) is 3. The molecule has 0 radical (unpaired) electrons. The average Bonchev–Trinajstić information content (AvgIpc) is 3.03.